The van der Waals surface area contributed by atoms with Crippen LogP contribution in [0.4, 0.5) is 17.1 Å². The molecule has 0 aliphatic carbocycles. The number of fused-ring (bicyclic) bond motifs is 8. The molecule has 0 atom stereocenters. The SMILES string of the molecule is c1ccc(-c2ccc(N(c3cccc4c3oc3ccccc34)c3cc(-c4ccccc4)cc4oc5ccc6ccccc6c5c34)cc2)cc1. The van der Waals surface area contributed by atoms with Crippen molar-refractivity contribution in [3.05, 3.63) is 176 Å². The highest BCUT2D eigenvalue weighted by atomic mass is 16.3. The number of rotatable bonds is 5. The molecule has 0 spiro atoms. The summed E-state index contributed by atoms with van der Waals surface area (Å²) < 4.78 is 13.4. The zero-order chi connectivity index (χ0) is 32.3. The van der Waals surface area contributed by atoms with Gasteiger partial charge in [-0.05, 0) is 75.5 Å². The lowest BCUT2D eigenvalue weighted by Gasteiger charge is -2.27. The normalized spacial score (nSPS) is 11.7. The minimum atomic E-state index is 0.838. The molecule has 2 aromatic heterocycles. The van der Waals surface area contributed by atoms with Gasteiger partial charge in [-0.25, -0.2) is 0 Å². The van der Waals surface area contributed by atoms with Crippen molar-refractivity contribution < 1.29 is 8.83 Å². The maximum absolute atomic E-state index is 6.75. The van der Waals surface area contributed by atoms with E-state index >= 15 is 0 Å². The van der Waals surface area contributed by atoms with Gasteiger partial charge in [0.1, 0.15) is 16.7 Å². The van der Waals surface area contributed by atoms with E-state index in [1.54, 1.807) is 0 Å². The number of para-hydroxylation sites is 2. The average molecular weight is 628 g/mol. The first-order valence-corrected chi connectivity index (χ1v) is 16.6. The Bertz CT molecular complexity index is 2810. The Morgan fingerprint density at radius 1 is 0.347 bits per heavy atom. The van der Waals surface area contributed by atoms with E-state index in [-0.39, 0.29) is 0 Å². The van der Waals surface area contributed by atoms with Crippen LogP contribution in [0.15, 0.2) is 185 Å². The van der Waals surface area contributed by atoms with Gasteiger partial charge in [0, 0.05) is 21.8 Å². The Balaban J connectivity index is 1.33. The molecule has 0 aliphatic rings. The molecule has 0 bridgehead atoms. The second kappa shape index (κ2) is 11.0. The fourth-order valence-corrected chi connectivity index (χ4v) is 7.37. The molecular formula is C46H29NO2. The van der Waals surface area contributed by atoms with Crippen molar-refractivity contribution in [2.24, 2.45) is 0 Å². The van der Waals surface area contributed by atoms with E-state index in [1.807, 2.05) is 12.1 Å². The van der Waals surface area contributed by atoms with Gasteiger partial charge in [-0.15, -0.1) is 0 Å². The van der Waals surface area contributed by atoms with Crippen LogP contribution in [-0.2, 0) is 0 Å². The third kappa shape index (κ3) is 4.44. The summed E-state index contributed by atoms with van der Waals surface area (Å²) in [5, 5.41) is 6.68. The molecule has 230 valence electrons. The minimum absolute atomic E-state index is 0.838. The van der Waals surface area contributed by atoms with Gasteiger partial charge >= 0.3 is 0 Å². The fourth-order valence-electron chi connectivity index (χ4n) is 7.37. The Labute approximate surface area is 282 Å². The number of furan rings is 2. The van der Waals surface area contributed by atoms with Crippen molar-refractivity contribution >= 4 is 71.7 Å². The Morgan fingerprint density at radius 2 is 1.00 bits per heavy atom. The summed E-state index contributed by atoms with van der Waals surface area (Å²) in [6, 6.07) is 61.9. The van der Waals surface area contributed by atoms with Gasteiger partial charge in [0.25, 0.3) is 0 Å². The molecule has 0 amide bonds. The number of hydrogen-bond acceptors (Lipinski definition) is 3. The van der Waals surface area contributed by atoms with Crippen LogP contribution in [-0.4, -0.2) is 0 Å². The molecule has 0 saturated heterocycles. The Kier molecular flexibility index (Phi) is 6.18. The highest BCUT2D eigenvalue weighted by molar-refractivity contribution is 6.24. The van der Waals surface area contributed by atoms with Gasteiger partial charge in [-0.3, -0.25) is 0 Å². The average Bonchev–Trinajstić information content (AvgIpc) is 3.75. The molecule has 3 heteroatoms. The predicted molar refractivity (Wildman–Crippen MR) is 204 cm³/mol. The highest BCUT2D eigenvalue weighted by Crippen LogP contribution is 2.49. The predicted octanol–water partition coefficient (Wildman–Crippen LogP) is 13.4. The molecule has 0 radical (unpaired) electrons. The second-order valence-corrected chi connectivity index (χ2v) is 12.5. The fraction of sp³-hybridized carbons (Fsp3) is 0. The zero-order valence-corrected chi connectivity index (χ0v) is 26.5. The maximum Gasteiger partial charge on any atom is 0.159 e. The van der Waals surface area contributed by atoms with Crippen molar-refractivity contribution in [1.82, 2.24) is 0 Å². The van der Waals surface area contributed by atoms with E-state index in [4.69, 9.17) is 8.83 Å². The Morgan fingerprint density at radius 3 is 1.80 bits per heavy atom. The van der Waals surface area contributed by atoms with Crippen molar-refractivity contribution in [3.8, 4) is 22.3 Å². The van der Waals surface area contributed by atoms with Crippen LogP contribution in [0.25, 0.3) is 76.9 Å². The first-order chi connectivity index (χ1) is 24.3. The van der Waals surface area contributed by atoms with E-state index in [1.165, 1.54) is 10.9 Å². The summed E-state index contributed by atoms with van der Waals surface area (Å²) in [5.74, 6) is 0. The van der Waals surface area contributed by atoms with Gasteiger partial charge in [0.05, 0.1) is 16.8 Å². The van der Waals surface area contributed by atoms with E-state index in [2.05, 4.69) is 169 Å². The van der Waals surface area contributed by atoms with Crippen molar-refractivity contribution in [2.75, 3.05) is 4.90 Å². The van der Waals surface area contributed by atoms with Crippen LogP contribution in [0.1, 0.15) is 0 Å². The second-order valence-electron chi connectivity index (χ2n) is 12.5. The van der Waals surface area contributed by atoms with Crippen LogP contribution in [0.3, 0.4) is 0 Å². The molecular weight excluding hydrogens is 599 g/mol. The van der Waals surface area contributed by atoms with Gasteiger partial charge in [-0.2, -0.15) is 0 Å². The third-order valence-electron chi connectivity index (χ3n) is 9.65. The van der Waals surface area contributed by atoms with E-state index in [9.17, 15) is 0 Å². The topological polar surface area (TPSA) is 29.5 Å². The van der Waals surface area contributed by atoms with Crippen LogP contribution >= 0.6 is 0 Å². The zero-order valence-electron chi connectivity index (χ0n) is 26.5. The minimum Gasteiger partial charge on any atom is -0.456 e. The third-order valence-corrected chi connectivity index (χ3v) is 9.65. The monoisotopic (exact) mass is 627 g/mol. The molecule has 0 unspecified atom stereocenters. The molecule has 0 aliphatic heterocycles. The molecule has 0 N–H and O–H groups in total. The number of benzene rings is 8. The van der Waals surface area contributed by atoms with Crippen molar-refractivity contribution in [1.29, 1.82) is 0 Å². The van der Waals surface area contributed by atoms with Gasteiger partial charge in [0.2, 0.25) is 0 Å². The van der Waals surface area contributed by atoms with Crippen molar-refractivity contribution in [2.45, 2.75) is 0 Å². The van der Waals surface area contributed by atoms with Crippen LogP contribution in [0, 0.1) is 0 Å². The number of hydrogen-bond donors (Lipinski definition) is 0. The lowest BCUT2D eigenvalue weighted by molar-refractivity contribution is 0.668. The Hall–Kier alpha value is -6.58. The van der Waals surface area contributed by atoms with Crippen LogP contribution in [0.5, 0.6) is 0 Å². The first-order valence-electron chi connectivity index (χ1n) is 16.6. The smallest absolute Gasteiger partial charge is 0.159 e. The lowest BCUT2D eigenvalue weighted by atomic mass is 9.98. The summed E-state index contributed by atoms with van der Waals surface area (Å²) >= 11 is 0. The molecule has 0 saturated carbocycles. The quantitative estimate of drug-likeness (QED) is 0.190. The molecule has 0 fully saturated rings. The van der Waals surface area contributed by atoms with E-state index in [0.717, 1.165) is 83.0 Å². The van der Waals surface area contributed by atoms with E-state index < -0.39 is 0 Å². The summed E-state index contributed by atoms with van der Waals surface area (Å²) in [6.45, 7) is 0. The summed E-state index contributed by atoms with van der Waals surface area (Å²) in [7, 11) is 0. The van der Waals surface area contributed by atoms with Gasteiger partial charge in [0.15, 0.2) is 5.58 Å². The highest BCUT2D eigenvalue weighted by Gasteiger charge is 2.25. The van der Waals surface area contributed by atoms with E-state index in [0.29, 0.717) is 0 Å². The number of nitrogens with zero attached hydrogens (tertiary/aromatic N) is 1. The molecule has 3 nitrogen and oxygen atoms in total. The molecule has 49 heavy (non-hydrogen) atoms. The van der Waals surface area contributed by atoms with Crippen molar-refractivity contribution in [3.63, 3.8) is 0 Å². The molecule has 8 aromatic carbocycles. The summed E-state index contributed by atoms with van der Waals surface area (Å²) in [6.07, 6.45) is 0. The molecule has 10 aromatic rings. The maximum atomic E-state index is 6.75. The molecule has 10 rings (SSSR count). The van der Waals surface area contributed by atoms with Gasteiger partial charge in [-0.1, -0.05) is 133 Å². The van der Waals surface area contributed by atoms with Gasteiger partial charge < -0.3 is 13.7 Å². The van der Waals surface area contributed by atoms with Crippen LogP contribution in [0.2, 0.25) is 0 Å². The van der Waals surface area contributed by atoms with Crippen LogP contribution < -0.4 is 4.90 Å². The standard InChI is InChI=1S/C46H29NO2/c1-3-12-30(13-4-1)32-22-25-35(26-23-32)47(39-20-11-19-38-37-18-9-10-21-41(37)49-46(38)39)40-28-34(31-14-5-2-6-15-31)29-43-45(40)44-36-17-8-7-16-33(36)24-27-42(44)48-43/h1-29H. The molecule has 2 heterocycles. The number of anilines is 3. The largest absolute Gasteiger partial charge is 0.456 e. The first kappa shape index (κ1) is 27.5. The lowest BCUT2D eigenvalue weighted by Crippen LogP contribution is -2.11. The summed E-state index contributed by atoms with van der Waals surface area (Å²) in [5.41, 5.74) is 11.0. The summed E-state index contributed by atoms with van der Waals surface area (Å²) in [4.78, 5) is 2.35.